The standard InChI is InChI=1S/C15H20Cl2S/c1-2-7-15(10-16,11-17)9-13-8-12-5-3-4-6-14(12)18-13/h3-6,13H,2,7-11H2,1H3. The molecule has 18 heavy (non-hydrogen) atoms. The van der Waals surface area contributed by atoms with E-state index in [1.807, 2.05) is 11.8 Å². The second-order valence-electron chi connectivity index (χ2n) is 5.27. The SMILES string of the molecule is CCCC(CCl)(CCl)CC1Cc2ccccc2S1. The van der Waals surface area contributed by atoms with Crippen LogP contribution in [0.2, 0.25) is 0 Å². The third kappa shape index (κ3) is 3.18. The summed E-state index contributed by atoms with van der Waals surface area (Å²) < 4.78 is 0. The van der Waals surface area contributed by atoms with Crippen LogP contribution in [0.15, 0.2) is 29.2 Å². The van der Waals surface area contributed by atoms with Crippen molar-refractivity contribution in [3.63, 3.8) is 0 Å². The normalized spacial score (nSPS) is 18.9. The fraction of sp³-hybridized carbons (Fsp3) is 0.600. The van der Waals surface area contributed by atoms with E-state index in [2.05, 4.69) is 31.2 Å². The third-order valence-electron chi connectivity index (χ3n) is 3.72. The summed E-state index contributed by atoms with van der Waals surface area (Å²) in [5.41, 5.74) is 1.61. The molecule has 1 unspecified atom stereocenters. The molecule has 0 nitrogen and oxygen atoms in total. The highest BCUT2D eigenvalue weighted by atomic mass is 35.5. The smallest absolute Gasteiger partial charge is 0.0291 e. The summed E-state index contributed by atoms with van der Waals surface area (Å²) in [4.78, 5) is 1.44. The van der Waals surface area contributed by atoms with Crippen molar-refractivity contribution in [2.24, 2.45) is 5.41 Å². The highest BCUT2D eigenvalue weighted by Gasteiger charge is 2.33. The van der Waals surface area contributed by atoms with Gasteiger partial charge in [0.05, 0.1) is 0 Å². The minimum Gasteiger partial charge on any atom is -0.126 e. The van der Waals surface area contributed by atoms with Gasteiger partial charge < -0.3 is 0 Å². The van der Waals surface area contributed by atoms with E-state index in [4.69, 9.17) is 23.2 Å². The molecule has 0 fully saturated rings. The van der Waals surface area contributed by atoms with Gasteiger partial charge in [0.15, 0.2) is 0 Å². The third-order valence-corrected chi connectivity index (χ3v) is 6.17. The predicted molar refractivity (Wildman–Crippen MR) is 83.2 cm³/mol. The highest BCUT2D eigenvalue weighted by Crippen LogP contribution is 2.44. The number of thioether (sulfide) groups is 1. The maximum absolute atomic E-state index is 6.20. The first-order valence-corrected chi connectivity index (χ1v) is 8.54. The summed E-state index contributed by atoms with van der Waals surface area (Å²) in [7, 11) is 0. The molecular weight excluding hydrogens is 283 g/mol. The zero-order valence-corrected chi connectivity index (χ0v) is 13.1. The minimum atomic E-state index is 0.123. The summed E-state index contributed by atoms with van der Waals surface area (Å²) in [6.45, 7) is 2.21. The average molecular weight is 303 g/mol. The van der Waals surface area contributed by atoms with Crippen LogP contribution in [-0.4, -0.2) is 17.0 Å². The second kappa shape index (κ2) is 6.54. The highest BCUT2D eigenvalue weighted by molar-refractivity contribution is 8.00. The first kappa shape index (κ1) is 14.6. The molecule has 0 N–H and O–H groups in total. The van der Waals surface area contributed by atoms with Crippen molar-refractivity contribution in [3.05, 3.63) is 29.8 Å². The lowest BCUT2D eigenvalue weighted by atomic mass is 9.82. The van der Waals surface area contributed by atoms with Gasteiger partial charge in [0.2, 0.25) is 0 Å². The number of hydrogen-bond donors (Lipinski definition) is 0. The van der Waals surface area contributed by atoms with Crippen molar-refractivity contribution in [2.75, 3.05) is 11.8 Å². The molecule has 1 aromatic carbocycles. The Morgan fingerprint density at radius 2 is 2.00 bits per heavy atom. The Hall–Kier alpha value is 0.150. The van der Waals surface area contributed by atoms with Crippen LogP contribution < -0.4 is 0 Å². The van der Waals surface area contributed by atoms with Gasteiger partial charge in [-0.3, -0.25) is 0 Å². The molecule has 2 rings (SSSR count). The van der Waals surface area contributed by atoms with Crippen molar-refractivity contribution < 1.29 is 0 Å². The van der Waals surface area contributed by atoms with Gasteiger partial charge in [0.1, 0.15) is 0 Å². The van der Waals surface area contributed by atoms with Crippen LogP contribution in [0.1, 0.15) is 31.7 Å². The monoisotopic (exact) mass is 302 g/mol. The largest absolute Gasteiger partial charge is 0.126 e. The van der Waals surface area contributed by atoms with E-state index in [0.29, 0.717) is 17.0 Å². The predicted octanol–water partition coefficient (Wildman–Crippen LogP) is 5.36. The van der Waals surface area contributed by atoms with Gasteiger partial charge >= 0.3 is 0 Å². The van der Waals surface area contributed by atoms with Gasteiger partial charge in [-0.1, -0.05) is 31.5 Å². The van der Waals surface area contributed by atoms with Crippen molar-refractivity contribution in [1.29, 1.82) is 0 Å². The van der Waals surface area contributed by atoms with Crippen LogP contribution in [0.4, 0.5) is 0 Å². The summed E-state index contributed by atoms with van der Waals surface area (Å²) in [6.07, 6.45) is 4.59. The molecule has 0 radical (unpaired) electrons. The molecule has 0 saturated heterocycles. The Morgan fingerprint density at radius 3 is 2.61 bits per heavy atom. The van der Waals surface area contributed by atoms with Crippen molar-refractivity contribution in [2.45, 2.75) is 42.8 Å². The van der Waals surface area contributed by atoms with Gasteiger partial charge in [-0.15, -0.1) is 35.0 Å². The maximum atomic E-state index is 6.20. The van der Waals surface area contributed by atoms with E-state index in [0.717, 1.165) is 19.3 Å². The van der Waals surface area contributed by atoms with Crippen LogP contribution in [-0.2, 0) is 6.42 Å². The van der Waals surface area contributed by atoms with E-state index in [1.165, 1.54) is 16.9 Å². The van der Waals surface area contributed by atoms with E-state index in [1.54, 1.807) is 0 Å². The molecular formula is C15H20Cl2S. The Kier molecular flexibility index (Phi) is 5.29. The number of benzene rings is 1. The molecule has 0 aliphatic carbocycles. The van der Waals surface area contributed by atoms with Gasteiger partial charge in [-0.05, 0) is 36.3 Å². The molecule has 1 aliphatic heterocycles. The zero-order chi connectivity index (χ0) is 13.0. The van der Waals surface area contributed by atoms with Crippen LogP contribution in [0.25, 0.3) is 0 Å². The molecule has 0 bridgehead atoms. The van der Waals surface area contributed by atoms with Crippen LogP contribution in [0.3, 0.4) is 0 Å². The summed E-state index contributed by atoms with van der Waals surface area (Å²) in [5, 5.41) is 0.645. The van der Waals surface area contributed by atoms with E-state index < -0.39 is 0 Å². The Balaban J connectivity index is 2.03. The molecule has 0 aromatic heterocycles. The van der Waals surface area contributed by atoms with Crippen molar-refractivity contribution in [1.82, 2.24) is 0 Å². The van der Waals surface area contributed by atoms with E-state index >= 15 is 0 Å². The second-order valence-corrected chi connectivity index (χ2v) is 7.15. The fourth-order valence-electron chi connectivity index (χ4n) is 2.76. The topological polar surface area (TPSA) is 0 Å². The maximum Gasteiger partial charge on any atom is 0.0291 e. The number of fused-ring (bicyclic) bond motifs is 1. The molecule has 1 heterocycles. The molecule has 1 aromatic rings. The molecule has 0 amide bonds. The molecule has 1 atom stereocenters. The van der Waals surface area contributed by atoms with Gasteiger partial charge in [0.25, 0.3) is 0 Å². The van der Waals surface area contributed by atoms with Crippen LogP contribution >= 0.6 is 35.0 Å². The number of rotatable bonds is 6. The number of alkyl halides is 2. The summed E-state index contributed by atoms with van der Waals surface area (Å²) in [5.74, 6) is 1.36. The average Bonchev–Trinajstić information content (AvgIpc) is 2.80. The van der Waals surface area contributed by atoms with Gasteiger partial charge in [-0.2, -0.15) is 0 Å². The summed E-state index contributed by atoms with van der Waals surface area (Å²) in [6, 6.07) is 8.72. The zero-order valence-electron chi connectivity index (χ0n) is 10.8. The Morgan fingerprint density at radius 1 is 1.28 bits per heavy atom. The molecule has 1 aliphatic rings. The van der Waals surface area contributed by atoms with Crippen molar-refractivity contribution >= 4 is 35.0 Å². The number of hydrogen-bond acceptors (Lipinski definition) is 1. The van der Waals surface area contributed by atoms with Crippen LogP contribution in [0.5, 0.6) is 0 Å². The van der Waals surface area contributed by atoms with Gasteiger partial charge in [0, 0.05) is 21.9 Å². The van der Waals surface area contributed by atoms with Gasteiger partial charge in [-0.25, -0.2) is 0 Å². The number of halogens is 2. The van der Waals surface area contributed by atoms with E-state index in [9.17, 15) is 0 Å². The first-order valence-electron chi connectivity index (χ1n) is 6.59. The fourth-order valence-corrected chi connectivity index (χ4v) is 5.05. The molecule has 0 saturated carbocycles. The lowest BCUT2D eigenvalue weighted by molar-refractivity contribution is 0.313. The minimum absolute atomic E-state index is 0.123. The first-order chi connectivity index (χ1) is 8.73. The Bertz CT molecular complexity index is 363. The quantitative estimate of drug-likeness (QED) is 0.638. The molecule has 3 heteroatoms. The molecule has 0 spiro atoms. The van der Waals surface area contributed by atoms with Crippen LogP contribution in [0, 0.1) is 5.41 Å². The van der Waals surface area contributed by atoms with E-state index in [-0.39, 0.29) is 5.41 Å². The lowest BCUT2D eigenvalue weighted by Gasteiger charge is -2.31. The summed E-state index contributed by atoms with van der Waals surface area (Å²) >= 11 is 14.4. The van der Waals surface area contributed by atoms with Crippen molar-refractivity contribution in [3.8, 4) is 0 Å². The Labute approximate surface area is 124 Å². The lowest BCUT2D eigenvalue weighted by Crippen LogP contribution is -2.29. The molecule has 100 valence electrons.